The zero-order valence-electron chi connectivity index (χ0n) is 15.2. The first kappa shape index (κ1) is 19.8. The van der Waals surface area contributed by atoms with Gasteiger partial charge in [0.25, 0.3) is 0 Å². The monoisotopic (exact) mass is 406 g/mol. The molecule has 0 bridgehead atoms. The van der Waals surface area contributed by atoms with Crippen molar-refractivity contribution in [1.82, 2.24) is 0 Å². The Hall–Kier alpha value is 0.719. The van der Waals surface area contributed by atoms with Crippen molar-refractivity contribution in [2.24, 2.45) is 0 Å². The fourth-order valence-corrected chi connectivity index (χ4v) is 18.5. The van der Waals surface area contributed by atoms with Crippen LogP contribution >= 0.6 is 0 Å². The number of hydrogen-bond donors (Lipinski definition) is 0. The molecule has 0 aromatic rings. The molecule has 0 saturated carbocycles. The summed E-state index contributed by atoms with van der Waals surface area (Å²) < 4.78 is 16.8. The average molecular weight is 405 g/mol. The van der Waals surface area contributed by atoms with E-state index < -0.39 is 18.8 Å². The second-order valence-electron chi connectivity index (χ2n) is 7.51. The van der Waals surface area contributed by atoms with Crippen LogP contribution in [0.15, 0.2) is 0 Å². The Balaban J connectivity index is 2.72. The molecular formula is C18H38O2Sn. The molecular weight excluding hydrogens is 367 g/mol. The van der Waals surface area contributed by atoms with E-state index in [1.807, 2.05) is 0 Å². The van der Waals surface area contributed by atoms with Gasteiger partial charge in [0.1, 0.15) is 0 Å². The molecule has 0 aliphatic carbocycles. The molecule has 0 aromatic heterocycles. The average Bonchev–Trinajstić information content (AvgIpc) is 3.23. The summed E-state index contributed by atoms with van der Waals surface area (Å²) in [5, 5.41) is 0. The molecule has 1 fully saturated rings. The van der Waals surface area contributed by atoms with Crippen LogP contribution in [0, 0.1) is 0 Å². The van der Waals surface area contributed by atoms with Crippen LogP contribution < -0.4 is 0 Å². The van der Waals surface area contributed by atoms with Gasteiger partial charge >= 0.3 is 138 Å². The van der Waals surface area contributed by atoms with E-state index in [0.29, 0.717) is 6.10 Å². The molecule has 1 atom stereocenters. The molecule has 1 aliphatic rings. The zero-order valence-corrected chi connectivity index (χ0v) is 18.0. The van der Waals surface area contributed by atoms with Crippen molar-refractivity contribution in [1.29, 1.82) is 0 Å². The van der Waals surface area contributed by atoms with Crippen LogP contribution in [0.2, 0.25) is 13.3 Å². The number of ether oxygens (including phenoxy) is 1. The predicted octanol–water partition coefficient (Wildman–Crippen LogP) is 5.92. The van der Waals surface area contributed by atoms with Gasteiger partial charge in [0, 0.05) is 0 Å². The van der Waals surface area contributed by atoms with E-state index in [0.717, 1.165) is 13.0 Å². The fraction of sp³-hybridized carbons (Fsp3) is 1.00. The standard InChI is InChI=1S/C6H11O2.3C4H9.Sn/c1-6(2,7)3-5-4-8-5;3*1-3-4-2;/h5H,3-4H2,1-2H3;3*1,3-4H2,2H3;/q-1;;;;+1. The number of epoxide rings is 1. The minimum atomic E-state index is -2.45. The van der Waals surface area contributed by atoms with Crippen LogP contribution in [-0.2, 0) is 7.81 Å². The number of hydrogen-bond acceptors (Lipinski definition) is 2. The van der Waals surface area contributed by atoms with E-state index in [2.05, 4.69) is 34.6 Å². The second kappa shape index (κ2) is 9.77. The van der Waals surface area contributed by atoms with Crippen LogP contribution in [0.3, 0.4) is 0 Å². The Kier molecular flexibility index (Phi) is 9.19. The van der Waals surface area contributed by atoms with E-state index in [9.17, 15) is 0 Å². The molecule has 1 unspecified atom stereocenters. The Bertz CT molecular complexity index is 253. The van der Waals surface area contributed by atoms with Gasteiger partial charge in [0.15, 0.2) is 0 Å². The van der Waals surface area contributed by atoms with Gasteiger partial charge in [-0.05, 0) is 0 Å². The Morgan fingerprint density at radius 3 is 1.71 bits per heavy atom. The SMILES string of the molecule is CCC[CH2][Sn]([CH2]CCC)([CH2]CCC)[O]C(C)(C)CC1CO1. The molecule has 21 heavy (non-hydrogen) atoms. The molecule has 0 radical (unpaired) electrons. The summed E-state index contributed by atoms with van der Waals surface area (Å²) in [5.74, 6) is 0. The van der Waals surface area contributed by atoms with Gasteiger partial charge < -0.3 is 0 Å². The topological polar surface area (TPSA) is 21.8 Å². The molecule has 0 spiro atoms. The van der Waals surface area contributed by atoms with Gasteiger partial charge in [-0.15, -0.1) is 0 Å². The van der Waals surface area contributed by atoms with Crippen LogP contribution in [0.25, 0.3) is 0 Å². The number of rotatable bonds is 13. The van der Waals surface area contributed by atoms with E-state index in [4.69, 9.17) is 7.81 Å². The summed E-state index contributed by atoms with van der Waals surface area (Å²) in [7, 11) is 0. The summed E-state index contributed by atoms with van der Waals surface area (Å²) in [6, 6.07) is 0. The minimum absolute atomic E-state index is 0.0342. The third kappa shape index (κ3) is 8.22. The first-order valence-electron chi connectivity index (χ1n) is 9.28. The summed E-state index contributed by atoms with van der Waals surface area (Å²) in [6.07, 6.45) is 9.63. The predicted molar refractivity (Wildman–Crippen MR) is 94.4 cm³/mol. The van der Waals surface area contributed by atoms with Gasteiger partial charge in [-0.2, -0.15) is 0 Å². The molecule has 1 aliphatic heterocycles. The first-order chi connectivity index (χ1) is 9.97. The van der Waals surface area contributed by atoms with E-state index in [-0.39, 0.29) is 5.60 Å². The summed E-state index contributed by atoms with van der Waals surface area (Å²) in [4.78, 5) is 0. The van der Waals surface area contributed by atoms with Gasteiger partial charge in [-0.3, -0.25) is 0 Å². The molecule has 0 aromatic carbocycles. The Morgan fingerprint density at radius 1 is 0.952 bits per heavy atom. The molecule has 0 N–H and O–H groups in total. The van der Waals surface area contributed by atoms with Gasteiger partial charge in [-0.1, -0.05) is 0 Å². The molecule has 1 rings (SSSR count). The molecule has 1 saturated heterocycles. The molecule has 2 nitrogen and oxygen atoms in total. The maximum absolute atomic E-state index is 7.01. The van der Waals surface area contributed by atoms with E-state index in [1.54, 1.807) is 0 Å². The molecule has 3 heteroatoms. The van der Waals surface area contributed by atoms with Crippen LogP contribution in [0.4, 0.5) is 0 Å². The number of unbranched alkanes of at least 4 members (excludes halogenated alkanes) is 3. The van der Waals surface area contributed by atoms with Crippen molar-refractivity contribution in [2.45, 2.75) is 105 Å². The van der Waals surface area contributed by atoms with Gasteiger partial charge in [0.05, 0.1) is 0 Å². The van der Waals surface area contributed by atoms with Crippen molar-refractivity contribution >= 4 is 18.8 Å². The quantitative estimate of drug-likeness (QED) is 0.281. The molecule has 0 amide bonds. The van der Waals surface area contributed by atoms with Crippen LogP contribution in [0.1, 0.15) is 79.6 Å². The first-order valence-corrected chi connectivity index (χ1v) is 16.5. The van der Waals surface area contributed by atoms with Gasteiger partial charge in [-0.25, -0.2) is 0 Å². The van der Waals surface area contributed by atoms with E-state index in [1.165, 1.54) is 51.8 Å². The normalized spacial score (nSPS) is 19.0. The summed E-state index contributed by atoms with van der Waals surface area (Å²) in [5.41, 5.74) is 0.0342. The van der Waals surface area contributed by atoms with Crippen molar-refractivity contribution in [3.05, 3.63) is 0 Å². The summed E-state index contributed by atoms with van der Waals surface area (Å²) >= 11 is -2.45. The third-order valence-corrected chi connectivity index (χ3v) is 18.2. The second-order valence-corrected chi connectivity index (χ2v) is 19.1. The molecule has 1 heterocycles. The van der Waals surface area contributed by atoms with Crippen LogP contribution in [-0.4, -0.2) is 37.1 Å². The van der Waals surface area contributed by atoms with Crippen LogP contribution in [0.5, 0.6) is 0 Å². The van der Waals surface area contributed by atoms with Crippen molar-refractivity contribution in [3.63, 3.8) is 0 Å². The van der Waals surface area contributed by atoms with Crippen molar-refractivity contribution in [3.8, 4) is 0 Å². The summed E-state index contributed by atoms with van der Waals surface area (Å²) in [6.45, 7) is 12.5. The van der Waals surface area contributed by atoms with Crippen molar-refractivity contribution < 1.29 is 7.81 Å². The van der Waals surface area contributed by atoms with E-state index >= 15 is 0 Å². The Morgan fingerprint density at radius 2 is 1.38 bits per heavy atom. The zero-order chi connectivity index (χ0) is 15.8. The third-order valence-electron chi connectivity index (χ3n) is 4.57. The van der Waals surface area contributed by atoms with Gasteiger partial charge in [0.2, 0.25) is 0 Å². The van der Waals surface area contributed by atoms with Crippen molar-refractivity contribution in [2.75, 3.05) is 6.61 Å². The fourth-order valence-electron chi connectivity index (χ4n) is 3.39. The maximum atomic E-state index is 7.01. The Labute approximate surface area is 137 Å². The molecule has 126 valence electrons.